The molecule has 0 rings (SSSR count). The van der Waals surface area contributed by atoms with E-state index in [0.717, 1.165) is 0 Å². The Hall–Kier alpha value is -2.68. The van der Waals surface area contributed by atoms with Crippen LogP contribution in [0.3, 0.4) is 0 Å². The Bertz CT molecular complexity index is 1070. The molecular weight excluding hydrogens is 824 g/mol. The summed E-state index contributed by atoms with van der Waals surface area (Å²) in [7, 11) is 3.10. The second kappa shape index (κ2) is 44.9. The maximum Gasteiger partial charge on any atom is 0.307 e. The smallest absolute Gasteiger partial charge is 0.307 e. The van der Waals surface area contributed by atoms with Crippen molar-refractivity contribution in [2.45, 2.75) is 25.7 Å². The van der Waals surface area contributed by atoms with Gasteiger partial charge < -0.3 is 67.8 Å². The minimum Gasteiger partial charge on any atom is -0.463 e. The first-order chi connectivity index (χ1) is 30.2. The van der Waals surface area contributed by atoms with Gasteiger partial charge in [0.1, 0.15) is 26.4 Å². The van der Waals surface area contributed by atoms with E-state index in [1.54, 1.807) is 7.11 Å². The molecule has 0 aliphatic rings. The summed E-state index contributed by atoms with van der Waals surface area (Å²) in [6.07, 6.45) is 0.572. The van der Waals surface area contributed by atoms with Gasteiger partial charge in [-0.3, -0.25) is 38.8 Å². The molecule has 62 heavy (non-hydrogen) atoms. The summed E-state index contributed by atoms with van der Waals surface area (Å²) >= 11 is 0. The molecule has 0 unspecified atom stereocenters. The largest absolute Gasteiger partial charge is 0.463 e. The van der Waals surface area contributed by atoms with Crippen LogP contribution in [0.2, 0.25) is 0 Å². The molecule has 22 heteroatoms. The molecule has 0 aliphatic heterocycles. The lowest BCUT2D eigenvalue weighted by Gasteiger charge is -2.26. The van der Waals surface area contributed by atoms with Crippen LogP contribution in [0.5, 0.6) is 0 Å². The van der Waals surface area contributed by atoms with Gasteiger partial charge in [0.25, 0.3) is 0 Å². The summed E-state index contributed by atoms with van der Waals surface area (Å²) in [6, 6.07) is 0. The molecular formula is C40H78N4O18. The Balaban J connectivity index is 4.02. The molecule has 22 nitrogen and oxygen atoms in total. The van der Waals surface area contributed by atoms with Crippen molar-refractivity contribution in [2.75, 3.05) is 212 Å². The number of esters is 4. The first-order valence-electron chi connectivity index (χ1n) is 21.5. The molecule has 0 radical (unpaired) electrons. The van der Waals surface area contributed by atoms with Crippen molar-refractivity contribution < 1.29 is 87.0 Å². The molecule has 0 saturated carbocycles. The lowest BCUT2D eigenvalue weighted by Crippen LogP contribution is -2.39. The van der Waals surface area contributed by atoms with Crippen molar-refractivity contribution in [3.8, 4) is 0 Å². The Kier molecular flexibility index (Phi) is 43.0. The summed E-state index contributed by atoms with van der Waals surface area (Å²) < 4.78 is 52.1. The van der Waals surface area contributed by atoms with Gasteiger partial charge in [0.05, 0.1) is 118 Å². The molecule has 366 valence electrons. The van der Waals surface area contributed by atoms with Crippen LogP contribution in [0.4, 0.5) is 0 Å². The monoisotopic (exact) mass is 903 g/mol. The maximum absolute atomic E-state index is 12.3. The van der Waals surface area contributed by atoms with Crippen molar-refractivity contribution in [1.82, 2.24) is 19.6 Å². The molecule has 0 bridgehead atoms. The summed E-state index contributed by atoms with van der Waals surface area (Å²) in [5, 5.41) is 37.8. The third-order valence-corrected chi connectivity index (χ3v) is 8.86. The number of methoxy groups -OCH3 is 2. The van der Waals surface area contributed by atoms with Crippen molar-refractivity contribution in [1.29, 1.82) is 0 Å². The minimum absolute atomic E-state index is 0.0694. The van der Waals surface area contributed by atoms with Crippen LogP contribution in [0.15, 0.2) is 0 Å². The van der Waals surface area contributed by atoms with E-state index in [9.17, 15) is 39.6 Å². The van der Waals surface area contributed by atoms with E-state index in [2.05, 4.69) is 0 Å². The molecule has 0 aromatic rings. The average Bonchev–Trinajstić information content (AvgIpc) is 3.26. The van der Waals surface area contributed by atoms with E-state index in [1.807, 2.05) is 19.6 Å². The SMILES string of the molecule is COCCOCCOC(=O)CCN(CCO)CCN(CCO)CCC(=O)OCCOCCOCCOCCOC(=O)CCN(CCO)CCN(CCO)CCC(=O)OCCOC. The molecule has 0 aromatic carbocycles. The van der Waals surface area contributed by atoms with Crippen LogP contribution < -0.4 is 0 Å². The molecule has 0 aromatic heterocycles. The highest BCUT2D eigenvalue weighted by Gasteiger charge is 2.15. The zero-order valence-corrected chi connectivity index (χ0v) is 37.3. The van der Waals surface area contributed by atoms with E-state index in [1.165, 1.54) is 7.11 Å². The van der Waals surface area contributed by atoms with Crippen molar-refractivity contribution in [3.63, 3.8) is 0 Å². The minimum atomic E-state index is -0.398. The number of nitrogens with zero attached hydrogens (tertiary/aromatic N) is 4. The number of aliphatic hydroxyl groups is 4. The average molecular weight is 903 g/mol. The van der Waals surface area contributed by atoms with Gasteiger partial charge in [-0.2, -0.15) is 0 Å². The van der Waals surface area contributed by atoms with Gasteiger partial charge >= 0.3 is 23.9 Å². The van der Waals surface area contributed by atoms with E-state index >= 15 is 0 Å². The molecule has 0 heterocycles. The molecule has 0 aliphatic carbocycles. The molecule has 0 amide bonds. The zero-order valence-electron chi connectivity index (χ0n) is 37.3. The van der Waals surface area contributed by atoms with Crippen LogP contribution in [-0.4, -0.2) is 276 Å². The first kappa shape index (κ1) is 59.3. The summed E-state index contributed by atoms with van der Waals surface area (Å²) in [5.74, 6) is -1.50. The van der Waals surface area contributed by atoms with Gasteiger partial charge in [0.15, 0.2) is 0 Å². The molecule has 0 spiro atoms. The van der Waals surface area contributed by atoms with Crippen molar-refractivity contribution >= 4 is 23.9 Å². The lowest BCUT2D eigenvalue weighted by atomic mass is 10.3. The summed E-state index contributed by atoms with van der Waals surface area (Å²) in [4.78, 5) is 56.2. The number of hydrogen-bond donors (Lipinski definition) is 4. The predicted octanol–water partition coefficient (Wildman–Crippen LogP) is -2.74. The van der Waals surface area contributed by atoms with Crippen molar-refractivity contribution in [3.05, 3.63) is 0 Å². The molecule has 0 saturated heterocycles. The standard InChI is InChI=1S/C40H78N4O18/c1-53-23-25-55-30-34-60-38(50)4-8-42(16-20-46)13-14-44(18-22-48)10-6-40(52)62-36-32-58-29-27-56-26-28-57-31-35-61-39(51)5-9-43(17-21-47)12-11-41(15-19-45)7-3-37(49)59-33-24-54-2/h45-48H,3-36H2,1-2H3. The predicted molar refractivity (Wildman–Crippen MR) is 223 cm³/mol. The van der Waals surface area contributed by atoms with Crippen molar-refractivity contribution in [2.24, 2.45) is 0 Å². The van der Waals surface area contributed by atoms with E-state index in [-0.39, 0.29) is 110 Å². The van der Waals surface area contributed by atoms with Crippen LogP contribution >= 0.6 is 0 Å². The van der Waals surface area contributed by atoms with Gasteiger partial charge in [0.2, 0.25) is 0 Å². The highest BCUT2D eigenvalue weighted by atomic mass is 16.6. The fourth-order valence-electron chi connectivity index (χ4n) is 5.43. The highest BCUT2D eigenvalue weighted by molar-refractivity contribution is 5.70. The Labute approximate surface area is 367 Å². The maximum atomic E-state index is 12.3. The number of hydrogen-bond acceptors (Lipinski definition) is 22. The Morgan fingerprint density at radius 2 is 0.516 bits per heavy atom. The highest BCUT2D eigenvalue weighted by Crippen LogP contribution is 2.01. The van der Waals surface area contributed by atoms with Crippen LogP contribution in [0, 0.1) is 0 Å². The zero-order chi connectivity index (χ0) is 45.7. The Morgan fingerprint density at radius 3 is 0.758 bits per heavy atom. The first-order valence-corrected chi connectivity index (χ1v) is 21.5. The van der Waals surface area contributed by atoms with Crippen LogP contribution in [0.25, 0.3) is 0 Å². The van der Waals surface area contributed by atoms with E-state index < -0.39 is 11.9 Å². The number of carbonyl (C=O) groups is 4. The third-order valence-electron chi connectivity index (χ3n) is 8.86. The van der Waals surface area contributed by atoms with Crippen LogP contribution in [0.1, 0.15) is 25.7 Å². The fraction of sp³-hybridized carbons (Fsp3) is 0.900. The van der Waals surface area contributed by atoms with Gasteiger partial charge in [-0.15, -0.1) is 0 Å². The second-order valence-electron chi connectivity index (χ2n) is 13.6. The molecule has 0 atom stereocenters. The van der Waals surface area contributed by atoms with Gasteiger partial charge in [-0.05, 0) is 0 Å². The fourth-order valence-corrected chi connectivity index (χ4v) is 5.43. The van der Waals surface area contributed by atoms with Gasteiger partial charge in [-0.25, -0.2) is 0 Å². The number of ether oxygens (including phenoxy) is 10. The number of aliphatic hydroxyl groups excluding tert-OH is 4. The van der Waals surface area contributed by atoms with Gasteiger partial charge in [0, 0.05) is 92.8 Å². The van der Waals surface area contributed by atoms with E-state index in [4.69, 9.17) is 47.4 Å². The third kappa shape index (κ3) is 39.0. The molecule has 4 N–H and O–H groups in total. The summed E-state index contributed by atoms with van der Waals surface area (Å²) in [5.41, 5.74) is 0. The quantitative estimate of drug-likeness (QED) is 0.0275. The summed E-state index contributed by atoms with van der Waals surface area (Å²) in [6.45, 7) is 8.38. The van der Waals surface area contributed by atoms with Gasteiger partial charge in [-0.1, -0.05) is 0 Å². The Morgan fingerprint density at radius 1 is 0.306 bits per heavy atom. The second-order valence-corrected chi connectivity index (χ2v) is 13.6. The topological polar surface area (TPSA) is 254 Å². The molecule has 0 fully saturated rings. The number of rotatable bonds is 47. The van der Waals surface area contributed by atoms with E-state index in [0.29, 0.717) is 125 Å². The van der Waals surface area contributed by atoms with Crippen LogP contribution in [-0.2, 0) is 66.5 Å². The normalized spacial score (nSPS) is 11.6. The lowest BCUT2D eigenvalue weighted by molar-refractivity contribution is -0.146. The number of carbonyl (C=O) groups excluding carboxylic acids is 4.